The molecule has 3 rings (SSSR count). The van der Waals surface area contributed by atoms with Crippen LogP contribution in [0.3, 0.4) is 0 Å². The molecule has 0 fully saturated rings. The second-order valence-corrected chi connectivity index (χ2v) is 9.18. The first-order valence-corrected chi connectivity index (χ1v) is 12.2. The first kappa shape index (κ1) is 25.2. The highest BCUT2D eigenvalue weighted by Gasteiger charge is 2.37. The van der Waals surface area contributed by atoms with Crippen molar-refractivity contribution in [2.24, 2.45) is 0 Å². The number of aliphatic hydroxyl groups is 1. The number of aryl methyl sites for hydroxylation is 1. The molecule has 0 aromatic heterocycles. The van der Waals surface area contributed by atoms with Crippen molar-refractivity contribution < 1.29 is 28.9 Å². The number of carbonyl (C=O) groups is 2. The Hall–Kier alpha value is -3.38. The van der Waals surface area contributed by atoms with Gasteiger partial charge in [0.05, 0.1) is 5.56 Å². The molecule has 0 aliphatic rings. The van der Waals surface area contributed by atoms with Crippen LogP contribution in [0.25, 0.3) is 0 Å². The van der Waals surface area contributed by atoms with Crippen molar-refractivity contribution in [1.29, 1.82) is 0 Å². The number of nitrogens with one attached hydrogen (secondary N) is 1. The van der Waals surface area contributed by atoms with E-state index in [2.05, 4.69) is 5.32 Å². The zero-order valence-corrected chi connectivity index (χ0v) is 19.4. The van der Waals surface area contributed by atoms with E-state index in [-0.39, 0.29) is 18.4 Å². The summed E-state index contributed by atoms with van der Waals surface area (Å²) in [4.78, 5) is 24.0. The van der Waals surface area contributed by atoms with E-state index in [0.717, 1.165) is 17.5 Å². The molecule has 0 aliphatic heterocycles. The molecule has 0 bridgehead atoms. The molecular formula is C26H27NO6P+. The van der Waals surface area contributed by atoms with E-state index in [1.807, 2.05) is 60.7 Å². The molecule has 3 aromatic rings. The molecule has 2 unspecified atom stereocenters. The van der Waals surface area contributed by atoms with E-state index in [9.17, 15) is 19.3 Å². The monoisotopic (exact) mass is 480 g/mol. The quantitative estimate of drug-likeness (QED) is 0.313. The molecule has 0 heterocycles. The maximum absolute atomic E-state index is 12.9. The summed E-state index contributed by atoms with van der Waals surface area (Å²) in [6, 6.07) is 24.7. The fraction of sp³-hybridized carbons (Fsp3) is 0.231. The molecule has 3 N–H and O–H groups in total. The smallest absolute Gasteiger partial charge is 0.478 e. The van der Waals surface area contributed by atoms with Crippen molar-refractivity contribution >= 4 is 25.6 Å². The van der Waals surface area contributed by atoms with E-state index in [0.29, 0.717) is 12.1 Å². The van der Waals surface area contributed by atoms with Gasteiger partial charge in [-0.1, -0.05) is 60.7 Å². The zero-order valence-electron chi connectivity index (χ0n) is 18.5. The Morgan fingerprint density at radius 2 is 1.47 bits per heavy atom. The fourth-order valence-electron chi connectivity index (χ4n) is 3.36. The first-order valence-electron chi connectivity index (χ1n) is 11.0. The number of carboxylic acids is 1. The Labute approximate surface area is 199 Å². The van der Waals surface area contributed by atoms with Gasteiger partial charge in [0.25, 0.3) is 11.8 Å². The second-order valence-electron chi connectivity index (χ2n) is 7.80. The lowest BCUT2D eigenvalue weighted by Crippen LogP contribution is -2.31. The molecule has 0 spiro atoms. The van der Waals surface area contributed by atoms with Crippen molar-refractivity contribution in [2.45, 2.75) is 37.6 Å². The standard InChI is InChI=1S/C26H26NO6P/c28-24(13-7-12-19-8-3-1-4-9-19)34(32)33-23(18-20-10-5-2-6-11-20)25(29)27-22-16-14-21(15-17-22)26(30)31/h1-6,8-11,14-17,23-24,28H,7,12-13,18H2,(H-,27,29,30,31)/p+1/t23?,24-/m0/s1. The largest absolute Gasteiger partial charge is 0.541 e. The lowest BCUT2D eigenvalue weighted by molar-refractivity contribution is -0.122. The highest BCUT2D eigenvalue weighted by Crippen LogP contribution is 2.34. The normalized spacial score (nSPS) is 13.0. The predicted octanol–water partition coefficient (Wildman–Crippen LogP) is 5.03. The van der Waals surface area contributed by atoms with E-state index in [4.69, 9.17) is 9.63 Å². The van der Waals surface area contributed by atoms with Crippen LogP contribution in [0.15, 0.2) is 84.9 Å². The van der Waals surface area contributed by atoms with Gasteiger partial charge in [-0.15, -0.1) is 4.52 Å². The summed E-state index contributed by atoms with van der Waals surface area (Å²) in [6.07, 6.45) is 0.703. The third-order valence-corrected chi connectivity index (χ3v) is 6.41. The van der Waals surface area contributed by atoms with Gasteiger partial charge in [-0.05, 0) is 52.8 Å². The van der Waals surface area contributed by atoms with Gasteiger partial charge in [-0.3, -0.25) is 4.79 Å². The molecule has 0 aliphatic carbocycles. The number of aromatic carboxylic acids is 1. The molecule has 176 valence electrons. The zero-order chi connectivity index (χ0) is 24.3. The SMILES string of the molecule is O=C(O)c1ccc(NC(=O)C(Cc2ccccc2)O[P+](=O)[C@H](O)CCCc2ccccc2)cc1. The third-order valence-electron chi connectivity index (χ3n) is 5.20. The summed E-state index contributed by atoms with van der Waals surface area (Å²) in [7, 11) is -2.51. The Balaban J connectivity index is 1.62. The Morgan fingerprint density at radius 1 is 0.882 bits per heavy atom. The van der Waals surface area contributed by atoms with Gasteiger partial charge in [-0.2, -0.15) is 0 Å². The van der Waals surface area contributed by atoms with Crippen molar-refractivity contribution in [2.75, 3.05) is 5.32 Å². The first-order chi connectivity index (χ1) is 16.4. The minimum absolute atomic E-state index is 0.0942. The number of carboxylic acid groups (broad SMARTS) is 1. The average Bonchev–Trinajstić information content (AvgIpc) is 2.85. The topological polar surface area (TPSA) is 113 Å². The maximum Gasteiger partial charge on any atom is 0.541 e. The maximum atomic E-state index is 12.9. The summed E-state index contributed by atoms with van der Waals surface area (Å²) >= 11 is 0. The molecule has 8 heteroatoms. The summed E-state index contributed by atoms with van der Waals surface area (Å²) < 4.78 is 18.3. The predicted molar refractivity (Wildman–Crippen MR) is 130 cm³/mol. The molecule has 3 atom stereocenters. The molecule has 3 aromatic carbocycles. The van der Waals surface area contributed by atoms with Crippen LogP contribution in [0.2, 0.25) is 0 Å². The molecule has 7 nitrogen and oxygen atoms in total. The number of carbonyl (C=O) groups excluding carboxylic acids is 1. The molecule has 0 saturated heterocycles. The van der Waals surface area contributed by atoms with Crippen molar-refractivity contribution in [3.63, 3.8) is 0 Å². The van der Waals surface area contributed by atoms with Crippen LogP contribution >= 0.6 is 8.03 Å². The fourth-order valence-corrected chi connectivity index (χ4v) is 4.31. The summed E-state index contributed by atoms with van der Waals surface area (Å²) in [5.74, 6) is -2.80. The van der Waals surface area contributed by atoms with Gasteiger partial charge in [0.2, 0.25) is 0 Å². The minimum atomic E-state index is -2.51. The highest BCUT2D eigenvalue weighted by molar-refractivity contribution is 7.39. The van der Waals surface area contributed by atoms with Crippen LogP contribution in [-0.2, 0) is 26.7 Å². The van der Waals surface area contributed by atoms with Gasteiger partial charge >= 0.3 is 14.0 Å². The molecule has 0 saturated carbocycles. The number of benzene rings is 3. The lowest BCUT2D eigenvalue weighted by Gasteiger charge is -2.13. The average molecular weight is 480 g/mol. The van der Waals surface area contributed by atoms with Gasteiger partial charge in [0.15, 0.2) is 6.10 Å². The molecule has 0 radical (unpaired) electrons. The van der Waals surface area contributed by atoms with Crippen LogP contribution in [-0.4, -0.2) is 34.0 Å². The van der Waals surface area contributed by atoms with Crippen LogP contribution in [0.4, 0.5) is 5.69 Å². The van der Waals surface area contributed by atoms with Crippen LogP contribution in [0.1, 0.15) is 34.3 Å². The second kappa shape index (κ2) is 12.8. The van der Waals surface area contributed by atoms with E-state index >= 15 is 0 Å². The van der Waals surface area contributed by atoms with E-state index in [1.54, 1.807) is 0 Å². The van der Waals surface area contributed by atoms with Crippen LogP contribution in [0.5, 0.6) is 0 Å². The number of amides is 1. The Kier molecular flexibility index (Phi) is 9.47. The lowest BCUT2D eigenvalue weighted by atomic mass is 10.1. The number of hydrogen-bond donors (Lipinski definition) is 3. The number of hydrogen-bond acceptors (Lipinski definition) is 5. The van der Waals surface area contributed by atoms with E-state index < -0.39 is 31.9 Å². The summed E-state index contributed by atoms with van der Waals surface area (Å²) in [5.41, 5.74) is 2.42. The number of anilines is 1. The Morgan fingerprint density at radius 3 is 2.06 bits per heavy atom. The summed E-state index contributed by atoms with van der Waals surface area (Å²) in [5, 5.41) is 22.1. The van der Waals surface area contributed by atoms with Gasteiger partial charge in [-0.25, -0.2) is 4.79 Å². The van der Waals surface area contributed by atoms with Crippen molar-refractivity contribution in [3.05, 3.63) is 102 Å². The molecular weight excluding hydrogens is 453 g/mol. The van der Waals surface area contributed by atoms with E-state index in [1.165, 1.54) is 24.3 Å². The van der Waals surface area contributed by atoms with Gasteiger partial charge < -0.3 is 15.5 Å². The van der Waals surface area contributed by atoms with Crippen molar-refractivity contribution in [1.82, 2.24) is 0 Å². The summed E-state index contributed by atoms with van der Waals surface area (Å²) in [6.45, 7) is 0. The van der Waals surface area contributed by atoms with Crippen LogP contribution in [0, 0.1) is 0 Å². The Bertz CT molecular complexity index is 1090. The number of aliphatic hydroxyl groups excluding tert-OH is 1. The highest BCUT2D eigenvalue weighted by atomic mass is 31.1. The van der Waals surface area contributed by atoms with Gasteiger partial charge in [0.1, 0.15) is 0 Å². The number of rotatable bonds is 12. The third kappa shape index (κ3) is 7.89. The molecule has 34 heavy (non-hydrogen) atoms. The molecule has 1 amide bonds. The minimum Gasteiger partial charge on any atom is -0.478 e. The van der Waals surface area contributed by atoms with Crippen molar-refractivity contribution in [3.8, 4) is 0 Å². The van der Waals surface area contributed by atoms with Crippen LogP contribution < -0.4 is 5.32 Å². The van der Waals surface area contributed by atoms with Gasteiger partial charge in [0, 0.05) is 18.5 Å².